The van der Waals surface area contributed by atoms with Crippen molar-refractivity contribution in [2.75, 3.05) is 0 Å². The summed E-state index contributed by atoms with van der Waals surface area (Å²) in [5.41, 5.74) is -0.599. The van der Waals surface area contributed by atoms with E-state index in [-0.39, 0.29) is 4.90 Å². The Morgan fingerprint density at radius 3 is 2.20 bits per heavy atom. The van der Waals surface area contributed by atoms with E-state index < -0.39 is 38.2 Å². The fourth-order valence-electron chi connectivity index (χ4n) is 3.78. The average Bonchev–Trinajstić information content (AvgIpc) is 3.36. The number of amides is 1. The van der Waals surface area contributed by atoms with Crippen LogP contribution in [0.25, 0.3) is 0 Å². The Morgan fingerprint density at radius 1 is 1.10 bits per heavy atom. The van der Waals surface area contributed by atoms with Crippen LogP contribution in [0.3, 0.4) is 0 Å². The van der Waals surface area contributed by atoms with Crippen molar-refractivity contribution < 1.29 is 22.7 Å². The van der Waals surface area contributed by atoms with Crippen molar-refractivity contribution in [1.82, 2.24) is 5.32 Å². The minimum atomic E-state index is -3.89. The molecule has 1 saturated carbocycles. The van der Waals surface area contributed by atoms with Gasteiger partial charge >= 0.3 is 6.09 Å². The molecule has 1 aliphatic rings. The number of alkyl carbamates (subject to hydrolysis) is 1. The van der Waals surface area contributed by atoms with Gasteiger partial charge in [-0.05, 0) is 50.5 Å². The molecule has 1 amide bonds. The van der Waals surface area contributed by atoms with Crippen LogP contribution in [0.2, 0.25) is 0 Å². The number of carbonyl (C=O) groups is 2. The monoisotopic (exact) mass is 429 g/mol. The van der Waals surface area contributed by atoms with Gasteiger partial charge in [0.1, 0.15) is 22.7 Å². The van der Waals surface area contributed by atoms with Crippen LogP contribution in [0.15, 0.2) is 59.5 Å². The summed E-state index contributed by atoms with van der Waals surface area (Å²) in [4.78, 5) is 24.8. The third-order valence-corrected chi connectivity index (χ3v) is 7.50. The summed E-state index contributed by atoms with van der Waals surface area (Å²) in [5.74, 6) is -0.710. The maximum absolute atomic E-state index is 13.4. The fraction of sp³-hybridized carbons (Fsp3) is 0.391. The summed E-state index contributed by atoms with van der Waals surface area (Å²) in [6.07, 6.45) is 0.544. The lowest BCUT2D eigenvalue weighted by molar-refractivity contribution is -0.110. The smallest absolute Gasteiger partial charge is 0.408 e. The first kappa shape index (κ1) is 22.0. The lowest BCUT2D eigenvalue weighted by Gasteiger charge is -2.22. The van der Waals surface area contributed by atoms with E-state index in [4.69, 9.17) is 4.74 Å². The van der Waals surface area contributed by atoms with Crippen molar-refractivity contribution in [2.24, 2.45) is 0 Å². The Kier molecular flexibility index (Phi) is 5.78. The van der Waals surface area contributed by atoms with Crippen LogP contribution in [0.4, 0.5) is 4.79 Å². The molecule has 0 radical (unpaired) electrons. The second-order valence-corrected chi connectivity index (χ2v) is 10.6. The lowest BCUT2D eigenvalue weighted by atomic mass is 10.0. The lowest BCUT2D eigenvalue weighted by Crippen LogP contribution is -2.45. The molecule has 1 fully saturated rings. The van der Waals surface area contributed by atoms with Crippen LogP contribution in [-0.2, 0) is 25.8 Å². The molecule has 3 atom stereocenters. The SMILES string of the molecule is CCc1ccc([C@@H]2[C@@H](S(=O)(=O)c3ccccc3)[C@]2(C=O)NC(=O)OC(C)(C)C)cc1. The fourth-order valence-corrected chi connectivity index (χ4v) is 6.04. The Balaban J connectivity index is 2.04. The molecular formula is C23H27NO5S. The Hall–Kier alpha value is -2.67. The number of hydrogen-bond donors (Lipinski definition) is 1. The number of aryl methyl sites for hydroxylation is 1. The van der Waals surface area contributed by atoms with Gasteiger partial charge in [0.2, 0.25) is 0 Å². The molecule has 0 unspecified atom stereocenters. The molecule has 6 nitrogen and oxygen atoms in total. The third kappa shape index (κ3) is 4.12. The van der Waals surface area contributed by atoms with Crippen molar-refractivity contribution in [3.63, 3.8) is 0 Å². The topological polar surface area (TPSA) is 89.5 Å². The summed E-state index contributed by atoms with van der Waals surface area (Å²) in [6, 6.07) is 15.4. The third-order valence-electron chi connectivity index (χ3n) is 5.24. The molecule has 0 spiro atoms. The molecular weight excluding hydrogens is 402 g/mol. The van der Waals surface area contributed by atoms with Gasteiger partial charge in [-0.1, -0.05) is 49.4 Å². The molecule has 0 saturated heterocycles. The predicted molar refractivity (Wildman–Crippen MR) is 114 cm³/mol. The first-order chi connectivity index (χ1) is 14.0. The molecule has 2 aromatic rings. The van der Waals surface area contributed by atoms with Crippen molar-refractivity contribution in [3.8, 4) is 0 Å². The van der Waals surface area contributed by atoms with Crippen LogP contribution >= 0.6 is 0 Å². The van der Waals surface area contributed by atoms with Crippen molar-refractivity contribution in [1.29, 1.82) is 0 Å². The van der Waals surface area contributed by atoms with E-state index in [1.165, 1.54) is 12.1 Å². The molecule has 160 valence electrons. The minimum absolute atomic E-state index is 0.111. The highest BCUT2D eigenvalue weighted by Gasteiger charge is 2.73. The number of carbonyl (C=O) groups excluding carboxylic acids is 2. The predicted octanol–water partition coefficient (Wildman–Crippen LogP) is 3.65. The van der Waals surface area contributed by atoms with Crippen LogP contribution in [0.5, 0.6) is 0 Å². The van der Waals surface area contributed by atoms with Crippen molar-refractivity contribution in [2.45, 2.75) is 61.3 Å². The largest absolute Gasteiger partial charge is 0.444 e. The second-order valence-electron chi connectivity index (χ2n) is 8.53. The highest BCUT2D eigenvalue weighted by Crippen LogP contribution is 2.56. The molecule has 30 heavy (non-hydrogen) atoms. The summed E-state index contributed by atoms with van der Waals surface area (Å²) in [6.45, 7) is 7.12. The van der Waals surface area contributed by atoms with E-state index in [1.807, 2.05) is 31.2 Å². The normalized spacial score (nSPS) is 23.5. The number of hydrogen-bond acceptors (Lipinski definition) is 5. The zero-order valence-electron chi connectivity index (χ0n) is 17.6. The van der Waals surface area contributed by atoms with Crippen LogP contribution in [0, 0.1) is 0 Å². The summed E-state index contributed by atoms with van der Waals surface area (Å²) >= 11 is 0. The van der Waals surface area contributed by atoms with Gasteiger partial charge < -0.3 is 14.8 Å². The highest BCUT2D eigenvalue weighted by molar-refractivity contribution is 7.92. The van der Waals surface area contributed by atoms with Crippen LogP contribution in [0.1, 0.15) is 44.7 Å². The first-order valence-electron chi connectivity index (χ1n) is 9.90. The van der Waals surface area contributed by atoms with E-state index in [1.54, 1.807) is 39.0 Å². The first-order valence-corrected chi connectivity index (χ1v) is 11.4. The average molecular weight is 430 g/mol. The zero-order valence-corrected chi connectivity index (χ0v) is 18.4. The van der Waals surface area contributed by atoms with Gasteiger partial charge in [-0.3, -0.25) is 0 Å². The van der Waals surface area contributed by atoms with Crippen molar-refractivity contribution in [3.05, 3.63) is 65.7 Å². The highest BCUT2D eigenvalue weighted by atomic mass is 32.2. The van der Waals surface area contributed by atoms with E-state index in [0.717, 1.165) is 12.0 Å². The van der Waals surface area contributed by atoms with Gasteiger partial charge in [0.05, 0.1) is 4.90 Å². The van der Waals surface area contributed by atoms with Crippen LogP contribution < -0.4 is 5.32 Å². The molecule has 1 N–H and O–H groups in total. The van der Waals surface area contributed by atoms with E-state index in [0.29, 0.717) is 11.8 Å². The second kappa shape index (κ2) is 7.87. The summed E-state index contributed by atoms with van der Waals surface area (Å²) < 4.78 is 32.1. The van der Waals surface area contributed by atoms with Gasteiger partial charge in [0.25, 0.3) is 0 Å². The van der Waals surface area contributed by atoms with Gasteiger partial charge in [0.15, 0.2) is 9.84 Å². The molecule has 0 aromatic heterocycles. The summed E-state index contributed by atoms with van der Waals surface area (Å²) in [7, 11) is -3.89. The molecule has 2 aromatic carbocycles. The van der Waals surface area contributed by atoms with Crippen molar-refractivity contribution >= 4 is 22.2 Å². The molecule has 3 rings (SSSR count). The maximum Gasteiger partial charge on any atom is 0.408 e. The zero-order chi connectivity index (χ0) is 22.2. The van der Waals surface area contributed by atoms with E-state index in [2.05, 4.69) is 5.32 Å². The van der Waals surface area contributed by atoms with Gasteiger partial charge in [-0.2, -0.15) is 0 Å². The summed E-state index contributed by atoms with van der Waals surface area (Å²) in [5, 5.41) is 1.45. The molecule has 0 bridgehead atoms. The quantitative estimate of drug-likeness (QED) is 0.708. The molecule has 7 heteroatoms. The Labute approximate surface area is 177 Å². The molecule has 0 aliphatic heterocycles. The van der Waals surface area contributed by atoms with E-state index in [9.17, 15) is 18.0 Å². The standard InChI is InChI=1S/C23H27NO5S/c1-5-16-11-13-17(14-12-16)19-20(30(27,28)18-9-7-6-8-10-18)23(19,15-25)24-21(26)29-22(2,3)4/h6-15,19-20H,5H2,1-4H3,(H,24,26)/t19-,20-,23-/m1/s1. The molecule has 1 aliphatic carbocycles. The minimum Gasteiger partial charge on any atom is -0.444 e. The van der Waals surface area contributed by atoms with Gasteiger partial charge in [-0.15, -0.1) is 0 Å². The van der Waals surface area contributed by atoms with Crippen LogP contribution in [-0.4, -0.2) is 37.2 Å². The number of aldehydes is 1. The number of benzene rings is 2. The number of rotatable bonds is 6. The van der Waals surface area contributed by atoms with Gasteiger partial charge in [0, 0.05) is 5.92 Å². The molecule has 0 heterocycles. The van der Waals surface area contributed by atoms with Gasteiger partial charge in [-0.25, -0.2) is 13.2 Å². The van der Waals surface area contributed by atoms with E-state index >= 15 is 0 Å². The maximum atomic E-state index is 13.4. The Morgan fingerprint density at radius 2 is 1.70 bits per heavy atom. The number of nitrogens with one attached hydrogen (secondary N) is 1. The number of ether oxygens (including phenoxy) is 1. The number of sulfone groups is 1. The Bertz CT molecular complexity index is 1030.